The van der Waals surface area contributed by atoms with E-state index in [9.17, 15) is 13.2 Å². The second kappa shape index (κ2) is 5.91. The van der Waals surface area contributed by atoms with Crippen LogP contribution in [-0.2, 0) is 10.0 Å². The number of carbonyl (C=O) groups is 1. The number of benzene rings is 1. The van der Waals surface area contributed by atoms with Gasteiger partial charge in [0, 0.05) is 5.56 Å². The van der Waals surface area contributed by atoms with Gasteiger partial charge in [-0.15, -0.1) is 0 Å². The minimum Gasteiger partial charge on any atom is -0.395 e. The number of rotatable bonds is 6. The Morgan fingerprint density at radius 3 is 2.11 bits per heavy atom. The standard InChI is InChI=1S/C10H14N2O5S/c11-10(15)7-1-3-9(4-2-7)18(16,17)12-8(5-13)6-14/h1-4,8,12-14H,5-6H2,(H2,11,15). The van der Waals surface area contributed by atoms with Crippen LogP contribution in [0.2, 0.25) is 0 Å². The number of aliphatic hydroxyl groups excluding tert-OH is 2. The first kappa shape index (κ1) is 14.6. The van der Waals surface area contributed by atoms with E-state index in [2.05, 4.69) is 4.72 Å². The largest absolute Gasteiger partial charge is 0.395 e. The van der Waals surface area contributed by atoms with Crippen LogP contribution >= 0.6 is 0 Å². The maximum atomic E-state index is 11.8. The summed E-state index contributed by atoms with van der Waals surface area (Å²) in [4.78, 5) is 10.7. The average Bonchev–Trinajstić information content (AvgIpc) is 2.36. The molecule has 0 fully saturated rings. The molecule has 0 saturated carbocycles. The molecule has 0 aliphatic heterocycles. The van der Waals surface area contributed by atoms with Crippen molar-refractivity contribution in [3.8, 4) is 0 Å². The molecule has 0 aromatic heterocycles. The normalized spacial score (nSPS) is 11.7. The number of nitrogens with one attached hydrogen (secondary N) is 1. The molecule has 1 amide bonds. The highest BCUT2D eigenvalue weighted by atomic mass is 32.2. The Kier molecular flexibility index (Phi) is 4.79. The number of hydrogen-bond donors (Lipinski definition) is 4. The van der Waals surface area contributed by atoms with Crippen molar-refractivity contribution in [1.82, 2.24) is 4.72 Å². The number of hydrogen-bond acceptors (Lipinski definition) is 5. The Morgan fingerprint density at radius 1 is 1.22 bits per heavy atom. The topological polar surface area (TPSA) is 130 Å². The molecule has 8 heteroatoms. The summed E-state index contributed by atoms with van der Waals surface area (Å²) in [6, 6.07) is 4.03. The van der Waals surface area contributed by atoms with E-state index >= 15 is 0 Å². The third-order valence-electron chi connectivity index (χ3n) is 2.21. The van der Waals surface area contributed by atoms with Crippen molar-refractivity contribution >= 4 is 15.9 Å². The predicted molar refractivity (Wildman–Crippen MR) is 63.2 cm³/mol. The molecule has 1 rings (SSSR count). The van der Waals surface area contributed by atoms with E-state index < -0.39 is 35.2 Å². The Morgan fingerprint density at radius 2 is 1.72 bits per heavy atom. The van der Waals surface area contributed by atoms with E-state index in [0.717, 1.165) is 0 Å². The molecule has 0 bridgehead atoms. The smallest absolute Gasteiger partial charge is 0.248 e. The third kappa shape index (κ3) is 3.50. The molecule has 0 saturated heterocycles. The van der Waals surface area contributed by atoms with Crippen LogP contribution in [0.5, 0.6) is 0 Å². The first-order valence-corrected chi connectivity index (χ1v) is 6.53. The quantitative estimate of drug-likeness (QED) is 0.497. The van der Waals surface area contributed by atoms with Crippen LogP contribution in [0.25, 0.3) is 0 Å². The SMILES string of the molecule is NC(=O)c1ccc(S(=O)(=O)NC(CO)CO)cc1. The lowest BCUT2D eigenvalue weighted by atomic mass is 10.2. The van der Waals surface area contributed by atoms with Crippen LogP contribution in [0.3, 0.4) is 0 Å². The first-order valence-electron chi connectivity index (χ1n) is 5.04. The van der Waals surface area contributed by atoms with Crippen LogP contribution in [0.4, 0.5) is 0 Å². The zero-order valence-corrected chi connectivity index (χ0v) is 10.2. The second-order valence-corrected chi connectivity index (χ2v) is 5.29. The molecule has 5 N–H and O–H groups in total. The average molecular weight is 274 g/mol. The summed E-state index contributed by atoms with van der Waals surface area (Å²) in [7, 11) is -3.85. The van der Waals surface area contributed by atoms with Crippen molar-refractivity contribution in [3.63, 3.8) is 0 Å². The summed E-state index contributed by atoms with van der Waals surface area (Å²) < 4.78 is 25.7. The molecule has 7 nitrogen and oxygen atoms in total. The van der Waals surface area contributed by atoms with Gasteiger partial charge in [-0.05, 0) is 24.3 Å². The van der Waals surface area contributed by atoms with Gasteiger partial charge in [-0.2, -0.15) is 0 Å². The highest BCUT2D eigenvalue weighted by Gasteiger charge is 2.19. The van der Waals surface area contributed by atoms with Crippen LogP contribution in [0.1, 0.15) is 10.4 Å². The highest BCUT2D eigenvalue weighted by molar-refractivity contribution is 7.89. The van der Waals surface area contributed by atoms with Gasteiger partial charge in [-0.25, -0.2) is 13.1 Å². The van der Waals surface area contributed by atoms with Crippen LogP contribution in [0, 0.1) is 0 Å². The summed E-state index contributed by atoms with van der Waals surface area (Å²) >= 11 is 0. The van der Waals surface area contributed by atoms with E-state index in [1.807, 2.05) is 0 Å². The minimum absolute atomic E-state index is 0.0839. The first-order chi connectivity index (χ1) is 8.40. The summed E-state index contributed by atoms with van der Waals surface area (Å²) in [5.41, 5.74) is 5.22. The van der Waals surface area contributed by atoms with Gasteiger partial charge in [0.05, 0.1) is 24.2 Å². The number of primary amides is 1. The number of amides is 1. The zero-order valence-electron chi connectivity index (χ0n) is 9.41. The Labute approximate surface area is 104 Å². The zero-order chi connectivity index (χ0) is 13.8. The van der Waals surface area contributed by atoms with E-state index in [4.69, 9.17) is 15.9 Å². The molecule has 0 radical (unpaired) electrons. The number of aliphatic hydroxyl groups is 2. The van der Waals surface area contributed by atoms with Gasteiger partial charge in [-0.3, -0.25) is 4.79 Å². The lowest BCUT2D eigenvalue weighted by Gasteiger charge is -2.13. The van der Waals surface area contributed by atoms with E-state index in [0.29, 0.717) is 0 Å². The molecule has 1 aromatic rings. The van der Waals surface area contributed by atoms with E-state index in [-0.39, 0.29) is 10.5 Å². The maximum absolute atomic E-state index is 11.8. The fourth-order valence-corrected chi connectivity index (χ4v) is 2.44. The number of sulfonamides is 1. The molecule has 0 atom stereocenters. The van der Waals surface area contributed by atoms with Crippen LogP contribution in [-0.4, -0.2) is 43.8 Å². The molecule has 1 aromatic carbocycles. The highest BCUT2D eigenvalue weighted by Crippen LogP contribution is 2.10. The van der Waals surface area contributed by atoms with E-state index in [1.165, 1.54) is 24.3 Å². The summed E-state index contributed by atoms with van der Waals surface area (Å²) in [5, 5.41) is 17.6. The van der Waals surface area contributed by atoms with Gasteiger partial charge < -0.3 is 15.9 Å². The van der Waals surface area contributed by atoms with Gasteiger partial charge >= 0.3 is 0 Å². The van der Waals surface area contributed by atoms with Crippen molar-refractivity contribution in [2.75, 3.05) is 13.2 Å². The van der Waals surface area contributed by atoms with Crippen molar-refractivity contribution in [3.05, 3.63) is 29.8 Å². The molecule has 0 unspecified atom stereocenters. The summed E-state index contributed by atoms with van der Waals surface area (Å²) in [6.07, 6.45) is 0. The third-order valence-corrected chi connectivity index (χ3v) is 3.75. The van der Waals surface area contributed by atoms with Gasteiger partial charge in [-0.1, -0.05) is 0 Å². The lowest BCUT2D eigenvalue weighted by Crippen LogP contribution is -2.40. The molecule has 100 valence electrons. The van der Waals surface area contributed by atoms with Gasteiger partial charge in [0.1, 0.15) is 0 Å². The molecule has 0 aliphatic carbocycles. The molecule has 0 aliphatic rings. The molecular weight excluding hydrogens is 260 g/mol. The molecule has 18 heavy (non-hydrogen) atoms. The monoisotopic (exact) mass is 274 g/mol. The van der Waals surface area contributed by atoms with Crippen molar-refractivity contribution in [2.24, 2.45) is 5.73 Å². The molecule has 0 heterocycles. The van der Waals surface area contributed by atoms with Crippen molar-refractivity contribution in [1.29, 1.82) is 0 Å². The van der Waals surface area contributed by atoms with Gasteiger partial charge in [0.25, 0.3) is 0 Å². The van der Waals surface area contributed by atoms with Crippen molar-refractivity contribution < 1.29 is 23.4 Å². The maximum Gasteiger partial charge on any atom is 0.248 e. The molecule has 0 spiro atoms. The fourth-order valence-electron chi connectivity index (χ4n) is 1.22. The number of nitrogens with two attached hydrogens (primary N) is 1. The fraction of sp³-hybridized carbons (Fsp3) is 0.300. The lowest BCUT2D eigenvalue weighted by molar-refractivity contribution is 0.1000. The minimum atomic E-state index is -3.85. The summed E-state index contributed by atoms with van der Waals surface area (Å²) in [5.74, 6) is -0.657. The Balaban J connectivity index is 2.95. The van der Waals surface area contributed by atoms with Gasteiger partial charge in [0.2, 0.25) is 15.9 Å². The summed E-state index contributed by atoms with van der Waals surface area (Å²) in [6.45, 7) is -1.04. The van der Waals surface area contributed by atoms with Gasteiger partial charge in [0.15, 0.2) is 0 Å². The number of carbonyl (C=O) groups excluding carboxylic acids is 1. The van der Waals surface area contributed by atoms with E-state index in [1.54, 1.807) is 0 Å². The van der Waals surface area contributed by atoms with Crippen LogP contribution in [0.15, 0.2) is 29.2 Å². The second-order valence-electron chi connectivity index (χ2n) is 3.57. The van der Waals surface area contributed by atoms with Crippen LogP contribution < -0.4 is 10.5 Å². The predicted octanol–water partition coefficient (Wildman–Crippen LogP) is -1.58. The van der Waals surface area contributed by atoms with Crippen molar-refractivity contribution in [2.45, 2.75) is 10.9 Å². The Hall–Kier alpha value is -1.48. The Bertz CT molecular complexity index is 508. The molecular formula is C10H14N2O5S.